The van der Waals surface area contributed by atoms with E-state index in [1.807, 2.05) is 12.4 Å². The van der Waals surface area contributed by atoms with Gasteiger partial charge in [0.1, 0.15) is 11.1 Å². The molecule has 0 unspecified atom stereocenters. The molecule has 0 aromatic carbocycles. The van der Waals surface area contributed by atoms with Crippen LogP contribution in [0.2, 0.25) is 0 Å². The number of nitrogens with zero attached hydrogens (tertiary/aromatic N) is 3. The van der Waals surface area contributed by atoms with Gasteiger partial charge in [-0.15, -0.1) is 11.3 Å². The number of fused-ring (bicyclic) bond motifs is 1. The molecule has 0 aliphatic carbocycles. The molecule has 0 N–H and O–H groups in total. The lowest BCUT2D eigenvalue weighted by Crippen LogP contribution is -2.40. The monoisotopic (exact) mass is 329 g/mol. The van der Waals surface area contributed by atoms with Crippen molar-refractivity contribution in [3.05, 3.63) is 45.7 Å². The number of rotatable bonds is 3. The van der Waals surface area contributed by atoms with Gasteiger partial charge in [0, 0.05) is 42.8 Å². The summed E-state index contributed by atoms with van der Waals surface area (Å²) >= 11 is 1.80. The molecule has 2 aromatic heterocycles. The fourth-order valence-electron chi connectivity index (χ4n) is 3.72. The Kier molecular flexibility index (Phi) is 4.18. The number of ether oxygens (including phenoxy) is 1. The van der Waals surface area contributed by atoms with Crippen molar-refractivity contribution in [2.24, 2.45) is 5.92 Å². The minimum Gasteiger partial charge on any atom is -0.367 e. The molecular formula is C18H23N3OS. The van der Waals surface area contributed by atoms with Crippen LogP contribution in [0.15, 0.2) is 24.5 Å². The fraction of sp³-hybridized carbons (Fsp3) is 0.556. The second-order valence-electron chi connectivity index (χ2n) is 6.73. The third kappa shape index (κ3) is 3.18. The molecule has 4 rings (SSSR count). The van der Waals surface area contributed by atoms with Gasteiger partial charge in [0.15, 0.2) is 0 Å². The Bertz CT molecular complexity index is 653. The molecule has 2 fully saturated rings. The normalized spacial score (nSPS) is 28.0. The molecule has 0 bridgehead atoms. The average molecular weight is 329 g/mol. The maximum absolute atomic E-state index is 6.33. The van der Waals surface area contributed by atoms with E-state index >= 15 is 0 Å². The summed E-state index contributed by atoms with van der Waals surface area (Å²) in [7, 11) is 0. The number of likely N-dealkylation sites (tertiary alicyclic amines) is 1. The molecule has 4 heterocycles. The highest BCUT2D eigenvalue weighted by Crippen LogP contribution is 2.42. The highest BCUT2D eigenvalue weighted by Gasteiger charge is 2.40. The van der Waals surface area contributed by atoms with E-state index in [0.29, 0.717) is 12.0 Å². The molecule has 2 saturated heterocycles. The van der Waals surface area contributed by atoms with Gasteiger partial charge in [0.25, 0.3) is 0 Å². The van der Waals surface area contributed by atoms with Gasteiger partial charge in [-0.2, -0.15) is 0 Å². The van der Waals surface area contributed by atoms with Crippen LogP contribution in [0.5, 0.6) is 0 Å². The first-order valence-corrected chi connectivity index (χ1v) is 9.21. The standard InChI is InChI=1S/C18H23N3OS/c1-12-13(2)23-18(20-12)17-9-15-11-21(8-5-16(15)22-17)10-14-3-6-19-7-4-14/h3-4,6-7,15-17H,5,8-11H2,1-2H3/t15-,16-,17+/m0/s1. The van der Waals surface area contributed by atoms with Gasteiger partial charge in [-0.05, 0) is 44.4 Å². The van der Waals surface area contributed by atoms with Gasteiger partial charge in [-0.1, -0.05) is 0 Å². The molecule has 0 amide bonds. The molecule has 2 aromatic rings. The van der Waals surface area contributed by atoms with Gasteiger partial charge in [0.05, 0.1) is 11.8 Å². The van der Waals surface area contributed by atoms with Crippen molar-refractivity contribution in [3.63, 3.8) is 0 Å². The first kappa shape index (κ1) is 15.2. The molecule has 0 saturated carbocycles. The summed E-state index contributed by atoms with van der Waals surface area (Å²) in [4.78, 5) is 12.7. The number of pyridine rings is 1. The number of aryl methyl sites for hydroxylation is 2. The first-order valence-electron chi connectivity index (χ1n) is 8.39. The Morgan fingerprint density at radius 1 is 1.30 bits per heavy atom. The molecule has 5 heteroatoms. The molecular weight excluding hydrogens is 306 g/mol. The van der Waals surface area contributed by atoms with Gasteiger partial charge in [-0.3, -0.25) is 9.88 Å². The van der Waals surface area contributed by atoms with Crippen molar-refractivity contribution in [2.75, 3.05) is 13.1 Å². The third-order valence-electron chi connectivity index (χ3n) is 5.08. The molecule has 23 heavy (non-hydrogen) atoms. The quantitative estimate of drug-likeness (QED) is 0.864. The van der Waals surface area contributed by atoms with Crippen molar-refractivity contribution in [1.29, 1.82) is 0 Å². The Hall–Kier alpha value is -1.30. The van der Waals surface area contributed by atoms with Crippen LogP contribution >= 0.6 is 11.3 Å². The van der Waals surface area contributed by atoms with Crippen LogP contribution in [-0.4, -0.2) is 34.1 Å². The molecule has 0 radical (unpaired) electrons. The summed E-state index contributed by atoms with van der Waals surface area (Å²) in [6, 6.07) is 4.22. The predicted molar refractivity (Wildman–Crippen MR) is 91.4 cm³/mol. The summed E-state index contributed by atoms with van der Waals surface area (Å²) in [6.45, 7) is 7.51. The van der Waals surface area contributed by atoms with Gasteiger partial charge in [-0.25, -0.2) is 4.98 Å². The maximum atomic E-state index is 6.33. The van der Waals surface area contributed by atoms with E-state index in [-0.39, 0.29) is 6.10 Å². The summed E-state index contributed by atoms with van der Waals surface area (Å²) in [6.07, 6.45) is 6.63. The second kappa shape index (κ2) is 6.30. The van der Waals surface area contributed by atoms with Crippen LogP contribution in [0.1, 0.15) is 40.1 Å². The van der Waals surface area contributed by atoms with Crippen molar-refractivity contribution < 1.29 is 4.74 Å². The fourth-order valence-corrected chi connectivity index (χ4v) is 4.69. The van der Waals surface area contributed by atoms with Gasteiger partial charge < -0.3 is 4.74 Å². The summed E-state index contributed by atoms with van der Waals surface area (Å²) in [5.41, 5.74) is 2.50. The van der Waals surface area contributed by atoms with Crippen LogP contribution in [0.4, 0.5) is 0 Å². The Labute approximate surface area is 141 Å². The molecule has 0 spiro atoms. The smallest absolute Gasteiger partial charge is 0.122 e. The van der Waals surface area contributed by atoms with E-state index < -0.39 is 0 Å². The lowest BCUT2D eigenvalue weighted by atomic mass is 9.92. The molecule has 122 valence electrons. The van der Waals surface area contributed by atoms with E-state index in [9.17, 15) is 0 Å². The summed E-state index contributed by atoms with van der Waals surface area (Å²) in [5.74, 6) is 0.639. The third-order valence-corrected chi connectivity index (χ3v) is 6.25. The minimum absolute atomic E-state index is 0.211. The van der Waals surface area contributed by atoms with E-state index in [1.165, 1.54) is 15.4 Å². The lowest BCUT2D eigenvalue weighted by molar-refractivity contribution is -0.00103. The molecule has 4 nitrogen and oxygen atoms in total. The van der Waals surface area contributed by atoms with E-state index in [1.54, 1.807) is 11.3 Å². The Balaban J connectivity index is 1.40. The predicted octanol–water partition coefficient (Wildman–Crippen LogP) is 3.51. The Morgan fingerprint density at radius 2 is 2.13 bits per heavy atom. The maximum Gasteiger partial charge on any atom is 0.122 e. The van der Waals surface area contributed by atoms with Crippen molar-refractivity contribution in [3.8, 4) is 0 Å². The topological polar surface area (TPSA) is 38.2 Å². The van der Waals surface area contributed by atoms with Crippen LogP contribution in [0.25, 0.3) is 0 Å². The number of hydrogen-bond donors (Lipinski definition) is 0. The average Bonchev–Trinajstić information content (AvgIpc) is 3.12. The number of hydrogen-bond acceptors (Lipinski definition) is 5. The van der Waals surface area contributed by atoms with Crippen LogP contribution in [-0.2, 0) is 11.3 Å². The van der Waals surface area contributed by atoms with Crippen molar-refractivity contribution >= 4 is 11.3 Å². The van der Waals surface area contributed by atoms with Crippen LogP contribution in [0.3, 0.4) is 0 Å². The number of piperidine rings is 1. The minimum atomic E-state index is 0.211. The summed E-state index contributed by atoms with van der Waals surface area (Å²) < 4.78 is 6.33. The largest absolute Gasteiger partial charge is 0.367 e. The zero-order valence-corrected chi connectivity index (χ0v) is 14.6. The molecule has 2 aliphatic rings. The van der Waals surface area contributed by atoms with Crippen molar-refractivity contribution in [1.82, 2.24) is 14.9 Å². The SMILES string of the molecule is Cc1nc([C@H]2C[C@H]3CN(Cc4ccncc4)CC[C@@H]3O2)sc1C. The van der Waals surface area contributed by atoms with Crippen molar-refractivity contribution in [2.45, 2.75) is 45.4 Å². The van der Waals surface area contributed by atoms with Gasteiger partial charge in [0.2, 0.25) is 0 Å². The zero-order valence-electron chi connectivity index (χ0n) is 13.7. The highest BCUT2D eigenvalue weighted by molar-refractivity contribution is 7.11. The number of aromatic nitrogens is 2. The molecule has 3 atom stereocenters. The van der Waals surface area contributed by atoms with Crippen LogP contribution in [0, 0.1) is 19.8 Å². The first-order chi connectivity index (χ1) is 11.2. The zero-order chi connectivity index (χ0) is 15.8. The highest BCUT2D eigenvalue weighted by atomic mass is 32.1. The van der Waals surface area contributed by atoms with E-state index in [4.69, 9.17) is 9.72 Å². The van der Waals surface area contributed by atoms with E-state index in [0.717, 1.165) is 38.2 Å². The Morgan fingerprint density at radius 3 is 2.87 bits per heavy atom. The molecule has 2 aliphatic heterocycles. The number of thiazole rings is 1. The van der Waals surface area contributed by atoms with Crippen LogP contribution < -0.4 is 0 Å². The second-order valence-corrected chi connectivity index (χ2v) is 7.97. The van der Waals surface area contributed by atoms with E-state index in [2.05, 4.69) is 35.9 Å². The van der Waals surface area contributed by atoms with Gasteiger partial charge >= 0.3 is 0 Å². The lowest BCUT2D eigenvalue weighted by Gasteiger charge is -2.33. The summed E-state index contributed by atoms with van der Waals surface area (Å²) in [5, 5.41) is 1.18.